The number of rotatable bonds is 7. The number of ether oxygens (including phenoxy) is 2. The largest absolute Gasteiger partial charge is 0.452 e. The molecule has 14 heteroatoms. The summed E-state index contributed by atoms with van der Waals surface area (Å²) in [6.07, 6.45) is -0.686. The Bertz CT molecular complexity index is 1330. The minimum absolute atomic E-state index is 0.196. The number of carbonyl (C=O) groups excluding carboxylic acids is 3. The summed E-state index contributed by atoms with van der Waals surface area (Å²) in [6, 6.07) is 10.5. The van der Waals surface area contributed by atoms with E-state index in [1.54, 1.807) is 10.8 Å². The normalized spacial score (nSPS) is 18.3. The average Bonchev–Trinajstić information content (AvgIpc) is 3.30. The fourth-order valence-corrected chi connectivity index (χ4v) is 6.13. The van der Waals surface area contributed by atoms with E-state index in [0.717, 1.165) is 47.4 Å². The van der Waals surface area contributed by atoms with Crippen LogP contribution in [0.25, 0.3) is 10.4 Å². The van der Waals surface area contributed by atoms with Gasteiger partial charge in [-0.2, -0.15) is 13.7 Å². The molecule has 2 aliphatic heterocycles. The van der Waals surface area contributed by atoms with Crippen LogP contribution in [-0.2, 0) is 37.4 Å². The molecule has 1 fully saturated rings. The van der Waals surface area contributed by atoms with Gasteiger partial charge in [0.25, 0.3) is 11.8 Å². The van der Waals surface area contributed by atoms with Gasteiger partial charge in [0.05, 0.1) is 24.6 Å². The van der Waals surface area contributed by atoms with E-state index >= 15 is 0 Å². The van der Waals surface area contributed by atoms with Crippen molar-refractivity contribution in [1.82, 2.24) is 19.7 Å². The Labute approximate surface area is 217 Å². The van der Waals surface area contributed by atoms with Crippen LogP contribution in [0.5, 0.6) is 0 Å². The Kier molecular flexibility index (Phi) is 8.08. The second-order valence-electron chi connectivity index (χ2n) is 8.38. The van der Waals surface area contributed by atoms with Crippen molar-refractivity contribution in [2.45, 2.75) is 31.5 Å². The van der Waals surface area contributed by atoms with Gasteiger partial charge in [-0.15, -0.1) is 11.3 Å². The highest BCUT2D eigenvalue weighted by molar-refractivity contribution is 7.88. The number of benzene rings is 1. The molecular formula is C23H25N5O7S2. The standard InChI is InChI=1S/C23H25N5O7S2/c1-34-23(31)27-37(32,33)28-13-16-10-19(36-20(16)22(28)30)15-5-3-14(4-6-15)9-17(11-24)26-21(29)18-12-25-7-2-8-35-18/h3-6,10,17-18,25H,2,7-9,12-13H2,1H3,(H,26,29)(H,27,31)/t17-,18-/m0/s1. The first kappa shape index (κ1) is 26.6. The van der Waals surface area contributed by atoms with Crippen LogP contribution in [0.2, 0.25) is 0 Å². The molecule has 1 saturated heterocycles. The third-order valence-corrected chi connectivity index (χ3v) is 8.34. The molecule has 0 spiro atoms. The molecule has 37 heavy (non-hydrogen) atoms. The number of carbonyl (C=O) groups is 3. The molecule has 3 amide bonds. The summed E-state index contributed by atoms with van der Waals surface area (Å²) in [6.45, 7) is 1.47. The third-order valence-electron chi connectivity index (χ3n) is 5.82. The zero-order valence-electron chi connectivity index (χ0n) is 19.9. The summed E-state index contributed by atoms with van der Waals surface area (Å²) in [5.41, 5.74) is 2.18. The lowest BCUT2D eigenvalue weighted by Crippen LogP contribution is -2.46. The number of nitrogens with one attached hydrogen (secondary N) is 3. The predicted molar refractivity (Wildman–Crippen MR) is 133 cm³/mol. The SMILES string of the molecule is COC(=O)NS(=O)(=O)N1Cc2cc(-c3ccc(C[C@@H](C#N)NC(=O)[C@@H]4CNCCCO4)cc3)sc2C1=O. The molecule has 2 aliphatic rings. The quantitative estimate of drug-likeness (QED) is 0.456. The Balaban J connectivity index is 1.39. The van der Waals surface area contributed by atoms with Crippen LogP contribution >= 0.6 is 11.3 Å². The predicted octanol–water partition coefficient (Wildman–Crippen LogP) is 0.901. The first-order chi connectivity index (χ1) is 17.7. The lowest BCUT2D eigenvalue weighted by Gasteiger charge is -2.18. The number of nitrogens with zero attached hydrogens (tertiary/aromatic N) is 2. The molecular weight excluding hydrogens is 522 g/mol. The molecule has 2 atom stereocenters. The number of methoxy groups -OCH3 is 1. The number of nitriles is 1. The zero-order valence-corrected chi connectivity index (χ0v) is 21.5. The number of amides is 3. The molecule has 0 radical (unpaired) electrons. The Morgan fingerprint density at radius 1 is 1.35 bits per heavy atom. The van der Waals surface area contributed by atoms with Crippen molar-refractivity contribution in [3.05, 3.63) is 46.3 Å². The van der Waals surface area contributed by atoms with Gasteiger partial charge in [-0.3, -0.25) is 9.59 Å². The molecule has 0 unspecified atom stereocenters. The van der Waals surface area contributed by atoms with E-state index in [4.69, 9.17) is 4.74 Å². The first-order valence-corrected chi connectivity index (χ1v) is 13.6. The number of thiophene rings is 1. The van der Waals surface area contributed by atoms with Crippen molar-refractivity contribution in [1.29, 1.82) is 5.26 Å². The van der Waals surface area contributed by atoms with Gasteiger partial charge in [0.1, 0.15) is 12.1 Å². The van der Waals surface area contributed by atoms with Crippen molar-refractivity contribution >= 4 is 39.5 Å². The van der Waals surface area contributed by atoms with Gasteiger partial charge in [0, 0.05) is 24.4 Å². The number of fused-ring (bicyclic) bond motifs is 1. The second kappa shape index (κ2) is 11.3. The molecule has 2 aromatic rings. The third kappa shape index (κ3) is 6.08. The van der Waals surface area contributed by atoms with Gasteiger partial charge in [0.2, 0.25) is 0 Å². The number of hydrogen-bond acceptors (Lipinski definition) is 10. The Morgan fingerprint density at radius 2 is 2.11 bits per heavy atom. The second-order valence-corrected chi connectivity index (χ2v) is 11.0. The van der Waals surface area contributed by atoms with E-state index in [2.05, 4.69) is 21.4 Å². The van der Waals surface area contributed by atoms with Crippen LogP contribution in [0.4, 0.5) is 4.79 Å². The summed E-state index contributed by atoms with van der Waals surface area (Å²) in [4.78, 5) is 37.5. The summed E-state index contributed by atoms with van der Waals surface area (Å²) in [7, 11) is -3.35. The average molecular weight is 548 g/mol. The molecule has 196 valence electrons. The molecule has 0 bridgehead atoms. The van der Waals surface area contributed by atoms with Crippen LogP contribution < -0.4 is 15.4 Å². The highest BCUT2D eigenvalue weighted by Gasteiger charge is 2.39. The van der Waals surface area contributed by atoms with Gasteiger partial charge in [-0.25, -0.2) is 13.8 Å². The van der Waals surface area contributed by atoms with Crippen LogP contribution in [0.1, 0.15) is 27.2 Å². The molecule has 0 saturated carbocycles. The molecule has 1 aromatic carbocycles. The van der Waals surface area contributed by atoms with Crippen LogP contribution in [0.3, 0.4) is 0 Å². The number of hydrogen-bond donors (Lipinski definition) is 3. The fourth-order valence-electron chi connectivity index (χ4n) is 3.92. The molecule has 1 aromatic heterocycles. The van der Waals surface area contributed by atoms with Crippen molar-refractivity contribution in [3.8, 4) is 16.5 Å². The minimum atomic E-state index is -4.37. The first-order valence-electron chi connectivity index (χ1n) is 11.4. The van der Waals surface area contributed by atoms with Crippen molar-refractivity contribution < 1.29 is 32.3 Å². The van der Waals surface area contributed by atoms with Crippen LogP contribution in [-0.4, -0.2) is 69.6 Å². The highest BCUT2D eigenvalue weighted by atomic mass is 32.2. The van der Waals surface area contributed by atoms with E-state index in [9.17, 15) is 28.1 Å². The van der Waals surface area contributed by atoms with E-state index in [0.29, 0.717) is 29.4 Å². The maximum Gasteiger partial charge on any atom is 0.422 e. The van der Waals surface area contributed by atoms with Gasteiger partial charge in [-0.1, -0.05) is 24.3 Å². The van der Waals surface area contributed by atoms with Crippen LogP contribution in [0, 0.1) is 11.3 Å². The summed E-state index contributed by atoms with van der Waals surface area (Å²) in [5.74, 6) is -1.05. The van der Waals surface area contributed by atoms with E-state index in [-0.39, 0.29) is 17.3 Å². The van der Waals surface area contributed by atoms with Crippen LogP contribution in [0.15, 0.2) is 30.3 Å². The zero-order chi connectivity index (χ0) is 26.6. The summed E-state index contributed by atoms with van der Waals surface area (Å²) in [5, 5.41) is 15.4. The van der Waals surface area contributed by atoms with Gasteiger partial charge >= 0.3 is 16.3 Å². The Morgan fingerprint density at radius 3 is 2.78 bits per heavy atom. The van der Waals surface area contributed by atoms with E-state index in [1.165, 1.54) is 0 Å². The molecule has 0 aliphatic carbocycles. The minimum Gasteiger partial charge on any atom is -0.452 e. The summed E-state index contributed by atoms with van der Waals surface area (Å²) < 4.78 is 36.7. The van der Waals surface area contributed by atoms with Crippen molar-refractivity contribution in [2.75, 3.05) is 26.8 Å². The lowest BCUT2D eigenvalue weighted by molar-refractivity contribution is -0.132. The van der Waals surface area contributed by atoms with Gasteiger partial charge in [0.15, 0.2) is 0 Å². The molecule has 3 N–H and O–H groups in total. The van der Waals surface area contributed by atoms with Crippen molar-refractivity contribution in [3.63, 3.8) is 0 Å². The molecule has 12 nitrogen and oxygen atoms in total. The smallest absolute Gasteiger partial charge is 0.422 e. The Hall–Kier alpha value is -3.51. The maximum absolute atomic E-state index is 12.7. The fraction of sp³-hybridized carbons (Fsp3) is 0.391. The maximum atomic E-state index is 12.7. The topological polar surface area (TPSA) is 167 Å². The summed E-state index contributed by atoms with van der Waals surface area (Å²) >= 11 is 1.15. The van der Waals surface area contributed by atoms with E-state index in [1.807, 2.05) is 24.3 Å². The van der Waals surface area contributed by atoms with Crippen molar-refractivity contribution in [2.24, 2.45) is 0 Å². The molecule has 4 rings (SSSR count). The molecule has 3 heterocycles. The lowest BCUT2D eigenvalue weighted by atomic mass is 10.0. The van der Waals surface area contributed by atoms with E-state index < -0.39 is 34.4 Å². The van der Waals surface area contributed by atoms with Gasteiger partial charge < -0.3 is 20.1 Å². The van der Waals surface area contributed by atoms with Gasteiger partial charge in [-0.05, 0) is 35.7 Å². The monoisotopic (exact) mass is 547 g/mol. The highest BCUT2D eigenvalue weighted by Crippen LogP contribution is 2.37.